The summed E-state index contributed by atoms with van der Waals surface area (Å²) in [7, 11) is -2.48. The smallest absolute Gasteiger partial charge is 0.355 e. The SMILES string of the molecule is C[C@@H](NC(=O)COC(=O)c1cc(S(N)(=O)=O)cn1C)c1cc2ccccc2o1. The lowest BCUT2D eigenvalue weighted by Crippen LogP contribution is -2.31. The number of aromatic nitrogens is 1. The molecule has 10 heteroatoms. The minimum atomic E-state index is -3.95. The Hall–Kier alpha value is -3.11. The van der Waals surface area contributed by atoms with Gasteiger partial charge in [-0.3, -0.25) is 4.79 Å². The normalized spacial score (nSPS) is 12.7. The molecule has 1 amide bonds. The predicted molar refractivity (Wildman–Crippen MR) is 99.8 cm³/mol. The highest BCUT2D eigenvalue weighted by Gasteiger charge is 2.20. The van der Waals surface area contributed by atoms with Gasteiger partial charge in [0.1, 0.15) is 21.9 Å². The zero-order valence-electron chi connectivity index (χ0n) is 15.2. The number of hydrogen-bond donors (Lipinski definition) is 2. The third-order valence-corrected chi connectivity index (χ3v) is 4.98. The van der Waals surface area contributed by atoms with Crippen LogP contribution in [0.1, 0.15) is 29.2 Å². The van der Waals surface area contributed by atoms with Gasteiger partial charge in [-0.2, -0.15) is 0 Å². The van der Waals surface area contributed by atoms with E-state index in [0.29, 0.717) is 11.3 Å². The maximum absolute atomic E-state index is 12.1. The third kappa shape index (κ3) is 4.24. The summed E-state index contributed by atoms with van der Waals surface area (Å²) in [5.41, 5.74) is 0.668. The molecule has 3 rings (SSSR count). The zero-order chi connectivity index (χ0) is 20.5. The van der Waals surface area contributed by atoms with Gasteiger partial charge in [-0.05, 0) is 25.1 Å². The summed E-state index contributed by atoms with van der Waals surface area (Å²) in [6.07, 6.45) is 1.19. The first-order chi connectivity index (χ1) is 13.1. The lowest BCUT2D eigenvalue weighted by Gasteiger charge is -2.11. The second-order valence-corrected chi connectivity index (χ2v) is 7.83. The Kier molecular flexibility index (Phi) is 5.25. The van der Waals surface area contributed by atoms with Gasteiger partial charge in [0, 0.05) is 18.6 Å². The van der Waals surface area contributed by atoms with Crippen molar-refractivity contribution in [3.8, 4) is 0 Å². The topological polar surface area (TPSA) is 134 Å². The van der Waals surface area contributed by atoms with E-state index in [2.05, 4.69) is 5.32 Å². The molecule has 9 nitrogen and oxygen atoms in total. The maximum Gasteiger partial charge on any atom is 0.355 e. The fraction of sp³-hybridized carbons (Fsp3) is 0.222. The second kappa shape index (κ2) is 7.49. The van der Waals surface area contributed by atoms with Crippen LogP contribution in [0.3, 0.4) is 0 Å². The molecule has 0 bridgehead atoms. The summed E-state index contributed by atoms with van der Waals surface area (Å²) in [6, 6.07) is 9.94. The number of furan rings is 1. The number of aryl methyl sites for hydroxylation is 1. The number of hydrogen-bond acceptors (Lipinski definition) is 6. The average molecular weight is 405 g/mol. The minimum Gasteiger partial charge on any atom is -0.459 e. The van der Waals surface area contributed by atoms with Gasteiger partial charge >= 0.3 is 5.97 Å². The molecular formula is C18H19N3O6S. The Bertz CT molecular complexity index is 1110. The van der Waals surface area contributed by atoms with Crippen molar-refractivity contribution < 1.29 is 27.2 Å². The Balaban J connectivity index is 1.59. The molecule has 0 saturated heterocycles. The van der Waals surface area contributed by atoms with E-state index < -0.39 is 34.5 Å². The number of benzene rings is 1. The molecule has 3 N–H and O–H groups in total. The van der Waals surface area contributed by atoms with E-state index in [9.17, 15) is 18.0 Å². The van der Waals surface area contributed by atoms with Gasteiger partial charge in [-0.25, -0.2) is 18.4 Å². The van der Waals surface area contributed by atoms with Crippen molar-refractivity contribution in [1.82, 2.24) is 9.88 Å². The summed E-state index contributed by atoms with van der Waals surface area (Å²) < 4.78 is 34.6. The number of para-hydroxylation sites is 1. The van der Waals surface area contributed by atoms with Crippen molar-refractivity contribution in [2.45, 2.75) is 17.9 Å². The molecule has 0 unspecified atom stereocenters. The summed E-state index contributed by atoms with van der Waals surface area (Å²) in [6.45, 7) is 1.21. The standard InChI is InChI=1S/C18H19N3O6S/c1-11(16-7-12-5-3-4-6-15(12)27-16)20-17(22)10-26-18(23)14-8-13(9-21(14)2)28(19,24)25/h3-9,11H,10H2,1-2H3,(H,20,22)(H2,19,24,25)/t11-/m1/s1. The van der Waals surface area contributed by atoms with Gasteiger partial charge in [0.25, 0.3) is 5.91 Å². The first kappa shape index (κ1) is 19.6. The first-order valence-electron chi connectivity index (χ1n) is 8.29. The number of carbonyl (C=O) groups is 2. The van der Waals surface area contributed by atoms with Crippen molar-refractivity contribution in [1.29, 1.82) is 0 Å². The highest BCUT2D eigenvalue weighted by atomic mass is 32.2. The molecule has 0 aliphatic heterocycles. The van der Waals surface area contributed by atoms with Crippen LogP contribution in [0.4, 0.5) is 0 Å². The summed E-state index contributed by atoms with van der Waals surface area (Å²) in [4.78, 5) is 24.0. The number of nitrogens with one attached hydrogen (secondary N) is 1. The van der Waals surface area contributed by atoms with E-state index in [1.165, 1.54) is 17.8 Å². The molecule has 0 radical (unpaired) electrons. The summed E-state index contributed by atoms with van der Waals surface area (Å²) in [5, 5.41) is 8.62. The molecule has 0 fully saturated rings. The van der Waals surface area contributed by atoms with Crippen LogP contribution in [0.25, 0.3) is 11.0 Å². The maximum atomic E-state index is 12.1. The van der Waals surface area contributed by atoms with E-state index in [0.717, 1.165) is 11.5 Å². The van der Waals surface area contributed by atoms with Crippen LogP contribution in [-0.2, 0) is 26.6 Å². The van der Waals surface area contributed by atoms with Crippen molar-refractivity contribution in [3.63, 3.8) is 0 Å². The Labute approximate surface area is 161 Å². The molecule has 2 aromatic heterocycles. The first-order valence-corrected chi connectivity index (χ1v) is 9.84. The zero-order valence-corrected chi connectivity index (χ0v) is 16.0. The number of amides is 1. The third-order valence-electron chi connectivity index (χ3n) is 4.10. The summed E-state index contributed by atoms with van der Waals surface area (Å²) >= 11 is 0. The molecule has 28 heavy (non-hydrogen) atoms. The van der Waals surface area contributed by atoms with Crippen LogP contribution < -0.4 is 10.5 Å². The van der Waals surface area contributed by atoms with E-state index >= 15 is 0 Å². The van der Waals surface area contributed by atoms with Crippen molar-refractivity contribution >= 4 is 32.9 Å². The van der Waals surface area contributed by atoms with E-state index in [1.807, 2.05) is 30.3 Å². The lowest BCUT2D eigenvalue weighted by molar-refractivity contribution is -0.125. The average Bonchev–Trinajstić information content (AvgIpc) is 3.23. The second-order valence-electron chi connectivity index (χ2n) is 6.27. The number of ether oxygens (including phenoxy) is 1. The van der Waals surface area contributed by atoms with Crippen molar-refractivity contribution in [3.05, 3.63) is 54.0 Å². The molecule has 148 valence electrons. The van der Waals surface area contributed by atoms with Gasteiger partial charge in [0.05, 0.1) is 6.04 Å². The van der Waals surface area contributed by atoms with Crippen molar-refractivity contribution in [2.24, 2.45) is 12.2 Å². The Morgan fingerprint density at radius 1 is 1.29 bits per heavy atom. The number of esters is 1. The quantitative estimate of drug-likeness (QED) is 0.596. The van der Waals surface area contributed by atoms with Crippen LogP contribution in [0, 0.1) is 0 Å². The Morgan fingerprint density at radius 2 is 2.00 bits per heavy atom. The summed E-state index contributed by atoms with van der Waals surface area (Å²) in [5.74, 6) is -0.799. The monoisotopic (exact) mass is 405 g/mol. The number of nitrogens with two attached hydrogens (primary N) is 1. The molecule has 0 spiro atoms. The van der Waals surface area contributed by atoms with E-state index in [4.69, 9.17) is 14.3 Å². The van der Waals surface area contributed by atoms with Gasteiger partial charge in [0.2, 0.25) is 10.0 Å². The van der Waals surface area contributed by atoms with Crippen LogP contribution >= 0.6 is 0 Å². The molecule has 0 aliphatic carbocycles. The fourth-order valence-electron chi connectivity index (χ4n) is 2.67. The molecule has 2 heterocycles. The van der Waals surface area contributed by atoms with Crippen LogP contribution in [0.2, 0.25) is 0 Å². The number of sulfonamides is 1. The number of primary sulfonamides is 1. The van der Waals surface area contributed by atoms with Gasteiger partial charge < -0.3 is 19.0 Å². The number of carbonyl (C=O) groups excluding carboxylic acids is 2. The molecular weight excluding hydrogens is 386 g/mol. The van der Waals surface area contributed by atoms with Crippen LogP contribution in [-0.4, -0.2) is 31.5 Å². The van der Waals surface area contributed by atoms with E-state index in [-0.39, 0.29) is 10.6 Å². The van der Waals surface area contributed by atoms with Gasteiger partial charge in [0.15, 0.2) is 6.61 Å². The number of fused-ring (bicyclic) bond motifs is 1. The fourth-order valence-corrected chi connectivity index (χ4v) is 3.25. The predicted octanol–water partition coefficient (Wildman–Crippen LogP) is 1.45. The largest absolute Gasteiger partial charge is 0.459 e. The number of rotatable bonds is 6. The van der Waals surface area contributed by atoms with E-state index in [1.54, 1.807) is 6.92 Å². The molecule has 1 aromatic carbocycles. The van der Waals surface area contributed by atoms with Crippen LogP contribution in [0.15, 0.2) is 51.9 Å². The lowest BCUT2D eigenvalue weighted by atomic mass is 10.2. The highest BCUT2D eigenvalue weighted by molar-refractivity contribution is 7.89. The van der Waals surface area contributed by atoms with Crippen LogP contribution in [0.5, 0.6) is 0 Å². The van der Waals surface area contributed by atoms with Gasteiger partial charge in [-0.15, -0.1) is 0 Å². The van der Waals surface area contributed by atoms with Gasteiger partial charge in [-0.1, -0.05) is 18.2 Å². The number of nitrogens with zero attached hydrogens (tertiary/aromatic N) is 1. The Morgan fingerprint density at radius 3 is 2.64 bits per heavy atom. The molecule has 0 saturated carbocycles. The molecule has 1 atom stereocenters. The minimum absolute atomic E-state index is 0.0397. The molecule has 3 aromatic rings. The molecule has 0 aliphatic rings. The highest BCUT2D eigenvalue weighted by Crippen LogP contribution is 2.23. The van der Waals surface area contributed by atoms with Crippen molar-refractivity contribution in [2.75, 3.05) is 6.61 Å².